The lowest BCUT2D eigenvalue weighted by Crippen LogP contribution is -2.61. The van der Waals surface area contributed by atoms with Crippen LogP contribution in [0.15, 0.2) is 18.2 Å². The van der Waals surface area contributed by atoms with Gasteiger partial charge in [0.05, 0.1) is 46.1 Å². The highest BCUT2D eigenvalue weighted by atomic mass is 35.5. The van der Waals surface area contributed by atoms with Gasteiger partial charge in [0, 0.05) is 18.0 Å². The normalized spacial score (nSPS) is 39.3. The second-order valence-corrected chi connectivity index (χ2v) is 11.1. The lowest BCUT2D eigenvalue weighted by Gasteiger charge is -2.45. The summed E-state index contributed by atoms with van der Waals surface area (Å²) in [6.07, 6.45) is 0.385. The molecule has 4 saturated heterocycles. The van der Waals surface area contributed by atoms with Crippen molar-refractivity contribution < 1.29 is 22.7 Å². The van der Waals surface area contributed by atoms with E-state index in [1.165, 1.54) is 0 Å². The van der Waals surface area contributed by atoms with Gasteiger partial charge in [-0.2, -0.15) is 5.26 Å². The fraction of sp³-hybridized carbons (Fsp3) is 0.600. The number of nitrogens with one attached hydrogen (secondary N) is 1. The third kappa shape index (κ3) is 2.55. The Morgan fingerprint density at radius 1 is 1.43 bits per heavy atom. The van der Waals surface area contributed by atoms with Crippen LogP contribution < -0.4 is 9.62 Å². The molecule has 0 saturated carbocycles. The Bertz CT molecular complexity index is 1090. The maximum Gasteiger partial charge on any atom is 0.235 e. The molecule has 0 aromatic heterocycles. The number of anilines is 1. The molecular weight excluding hydrogens is 430 g/mol. The Labute approximate surface area is 180 Å². The van der Waals surface area contributed by atoms with Gasteiger partial charge in [-0.1, -0.05) is 11.6 Å². The lowest BCUT2D eigenvalue weighted by molar-refractivity contribution is -0.143. The first-order valence-corrected chi connectivity index (χ1v) is 12.0. The topological polar surface area (TPSA) is 109 Å². The van der Waals surface area contributed by atoms with Crippen molar-refractivity contribution in [1.82, 2.24) is 4.72 Å². The molecular formula is C20H22ClN3O5S. The summed E-state index contributed by atoms with van der Waals surface area (Å²) in [4.78, 5) is 15.2. The number of fused-ring (bicyclic) bond motifs is 2. The fourth-order valence-corrected chi connectivity index (χ4v) is 7.00. The van der Waals surface area contributed by atoms with Crippen LogP contribution in [0.1, 0.15) is 32.3 Å². The molecule has 1 spiro atoms. The standard InChI is InChI=1S/C20H22ClN3O5S/c1-3-30(26,27)23-14-9-19(2)15-16-18(28-7-6-20(14,16)29-19)24(17(15)25)12-5-4-11(10-22)13(21)8-12/h4-5,8,14-16,18,23H,3,6-7,9H2,1-2H3/t14-,15+,16-,18-,19+,20-/m0/s1. The van der Waals surface area contributed by atoms with Crippen LogP contribution in [0.2, 0.25) is 5.02 Å². The number of rotatable bonds is 4. The third-order valence-corrected chi connectivity index (χ3v) is 8.82. The van der Waals surface area contributed by atoms with E-state index in [4.69, 9.17) is 26.3 Å². The van der Waals surface area contributed by atoms with Crippen molar-refractivity contribution >= 4 is 33.2 Å². The van der Waals surface area contributed by atoms with Gasteiger partial charge in [-0.25, -0.2) is 13.1 Å². The van der Waals surface area contributed by atoms with Crippen LogP contribution in [0.5, 0.6) is 0 Å². The van der Waals surface area contributed by atoms with E-state index < -0.39 is 39.4 Å². The van der Waals surface area contributed by atoms with E-state index in [1.54, 1.807) is 30.0 Å². The molecule has 10 heteroatoms. The number of sulfonamides is 1. The second-order valence-electron chi connectivity index (χ2n) is 8.65. The van der Waals surface area contributed by atoms with Gasteiger partial charge in [-0.3, -0.25) is 9.69 Å². The van der Waals surface area contributed by atoms with Crippen molar-refractivity contribution in [3.8, 4) is 6.07 Å². The molecule has 6 atom stereocenters. The Balaban J connectivity index is 1.57. The van der Waals surface area contributed by atoms with Crippen LogP contribution >= 0.6 is 11.6 Å². The molecule has 4 aliphatic heterocycles. The number of hydrogen-bond donors (Lipinski definition) is 1. The molecule has 8 nitrogen and oxygen atoms in total. The van der Waals surface area contributed by atoms with E-state index in [1.807, 2.05) is 13.0 Å². The highest BCUT2D eigenvalue weighted by Crippen LogP contribution is 2.65. The van der Waals surface area contributed by atoms with E-state index >= 15 is 0 Å². The van der Waals surface area contributed by atoms with Gasteiger partial charge < -0.3 is 9.47 Å². The molecule has 1 N–H and O–H groups in total. The van der Waals surface area contributed by atoms with Crippen LogP contribution in [0.3, 0.4) is 0 Å². The smallest absolute Gasteiger partial charge is 0.235 e. The number of carbonyl (C=O) groups excluding carboxylic acids is 1. The van der Waals surface area contributed by atoms with Gasteiger partial charge in [0.1, 0.15) is 12.3 Å². The summed E-state index contributed by atoms with van der Waals surface area (Å²) in [6.45, 7) is 3.84. The predicted octanol–water partition coefficient (Wildman–Crippen LogP) is 1.78. The molecule has 2 bridgehead atoms. The Morgan fingerprint density at radius 2 is 2.20 bits per heavy atom. The summed E-state index contributed by atoms with van der Waals surface area (Å²) in [5.41, 5.74) is -0.669. The van der Waals surface area contributed by atoms with Crippen LogP contribution in [0.25, 0.3) is 0 Å². The second kappa shape index (κ2) is 6.40. The zero-order chi connectivity index (χ0) is 21.5. The van der Waals surface area contributed by atoms with Crippen LogP contribution in [0.4, 0.5) is 5.69 Å². The first kappa shape index (κ1) is 20.2. The average molecular weight is 452 g/mol. The number of amides is 1. The first-order chi connectivity index (χ1) is 14.2. The molecule has 4 aliphatic rings. The van der Waals surface area contributed by atoms with Gasteiger partial charge in [-0.05, 0) is 38.5 Å². The van der Waals surface area contributed by atoms with Crippen LogP contribution in [-0.2, 0) is 24.3 Å². The van der Waals surface area contributed by atoms with E-state index in [0.717, 1.165) is 0 Å². The summed E-state index contributed by atoms with van der Waals surface area (Å²) < 4.78 is 40.0. The first-order valence-electron chi connectivity index (χ1n) is 10.0. The number of ether oxygens (including phenoxy) is 2. The monoisotopic (exact) mass is 451 g/mol. The number of carbonyl (C=O) groups is 1. The quantitative estimate of drug-likeness (QED) is 0.747. The summed E-state index contributed by atoms with van der Waals surface area (Å²) in [5.74, 6) is -0.857. The van der Waals surface area contributed by atoms with E-state index in [2.05, 4.69) is 4.72 Å². The number of halogens is 1. The van der Waals surface area contributed by atoms with Gasteiger partial charge in [0.15, 0.2) is 0 Å². The third-order valence-electron chi connectivity index (χ3n) is 7.10. The van der Waals surface area contributed by atoms with E-state index in [0.29, 0.717) is 30.7 Å². The molecule has 1 amide bonds. The maximum absolute atomic E-state index is 13.6. The summed E-state index contributed by atoms with van der Waals surface area (Å²) >= 11 is 6.21. The van der Waals surface area contributed by atoms with Gasteiger partial charge >= 0.3 is 0 Å². The number of benzene rings is 1. The zero-order valence-electron chi connectivity index (χ0n) is 16.6. The molecule has 0 aliphatic carbocycles. The summed E-state index contributed by atoms with van der Waals surface area (Å²) in [7, 11) is -3.43. The molecule has 0 unspecified atom stereocenters. The minimum atomic E-state index is -3.43. The number of nitriles is 1. The molecule has 5 rings (SSSR count). The Hall–Kier alpha value is -1.70. The summed E-state index contributed by atoms with van der Waals surface area (Å²) in [5, 5.41) is 9.41. The molecule has 1 aromatic carbocycles. The van der Waals surface area contributed by atoms with Gasteiger partial charge in [-0.15, -0.1) is 0 Å². The predicted molar refractivity (Wildman–Crippen MR) is 108 cm³/mol. The average Bonchev–Trinajstić information content (AvgIpc) is 3.25. The van der Waals surface area contributed by atoms with Crippen molar-refractivity contribution in [2.45, 2.75) is 50.2 Å². The van der Waals surface area contributed by atoms with Crippen LogP contribution in [-0.4, -0.2) is 50.2 Å². The molecule has 30 heavy (non-hydrogen) atoms. The van der Waals surface area contributed by atoms with Crippen LogP contribution in [0, 0.1) is 23.2 Å². The lowest BCUT2D eigenvalue weighted by atomic mass is 9.64. The van der Waals surface area contributed by atoms with Crippen molar-refractivity contribution in [1.29, 1.82) is 5.26 Å². The fourth-order valence-electron chi connectivity index (χ4n) is 5.90. The number of hydrogen-bond acceptors (Lipinski definition) is 6. The van der Waals surface area contributed by atoms with E-state index in [-0.39, 0.29) is 22.6 Å². The van der Waals surface area contributed by atoms with Crippen molar-refractivity contribution in [3.05, 3.63) is 28.8 Å². The van der Waals surface area contributed by atoms with Gasteiger partial charge in [0.25, 0.3) is 0 Å². The zero-order valence-corrected chi connectivity index (χ0v) is 18.2. The minimum absolute atomic E-state index is 0.0148. The minimum Gasteiger partial charge on any atom is -0.366 e. The molecule has 4 heterocycles. The van der Waals surface area contributed by atoms with Crippen molar-refractivity contribution in [2.24, 2.45) is 11.8 Å². The molecule has 160 valence electrons. The summed E-state index contributed by atoms with van der Waals surface area (Å²) in [6, 6.07) is 6.49. The van der Waals surface area contributed by atoms with Crippen molar-refractivity contribution in [2.75, 3.05) is 17.3 Å². The largest absolute Gasteiger partial charge is 0.366 e. The SMILES string of the molecule is CCS(=O)(=O)N[C@H]1C[C@@]2(C)O[C@@]13CCO[C@H]1[C@@H]3[C@@H]2C(=O)N1c1ccc(C#N)c(Cl)c1. The molecule has 4 fully saturated rings. The Kier molecular flexibility index (Phi) is 4.32. The number of nitrogens with zero attached hydrogens (tertiary/aromatic N) is 2. The van der Waals surface area contributed by atoms with Gasteiger partial charge in [0.2, 0.25) is 15.9 Å². The van der Waals surface area contributed by atoms with E-state index in [9.17, 15) is 13.2 Å². The highest BCUT2D eigenvalue weighted by Gasteiger charge is 2.78. The highest BCUT2D eigenvalue weighted by molar-refractivity contribution is 7.89. The Morgan fingerprint density at radius 3 is 2.87 bits per heavy atom. The molecule has 0 radical (unpaired) electrons. The molecule has 1 aromatic rings. The van der Waals surface area contributed by atoms with Crippen molar-refractivity contribution in [3.63, 3.8) is 0 Å². The maximum atomic E-state index is 13.6.